The van der Waals surface area contributed by atoms with Crippen molar-refractivity contribution in [2.24, 2.45) is 17.8 Å². The Bertz CT molecular complexity index is 716. The summed E-state index contributed by atoms with van der Waals surface area (Å²) in [5.41, 5.74) is 3.72. The van der Waals surface area contributed by atoms with Crippen molar-refractivity contribution in [2.45, 2.75) is 63.7 Å². The van der Waals surface area contributed by atoms with Gasteiger partial charge in [0.25, 0.3) is 0 Å². The zero-order valence-corrected chi connectivity index (χ0v) is 14.5. The van der Waals surface area contributed by atoms with Crippen LogP contribution in [0, 0.1) is 17.8 Å². The summed E-state index contributed by atoms with van der Waals surface area (Å²) < 4.78 is 0. The van der Waals surface area contributed by atoms with E-state index in [0.717, 1.165) is 17.8 Å². The van der Waals surface area contributed by atoms with Crippen molar-refractivity contribution in [1.82, 2.24) is 0 Å². The molecule has 4 fully saturated rings. The third kappa shape index (κ3) is 2.03. The van der Waals surface area contributed by atoms with Crippen LogP contribution in [0.25, 0.3) is 10.8 Å². The van der Waals surface area contributed by atoms with Gasteiger partial charge in [0, 0.05) is 0 Å². The Balaban J connectivity index is 1.70. The topological polar surface area (TPSA) is 0 Å². The molecule has 0 nitrogen and oxygen atoms in total. The molecular formula is C23H28. The van der Waals surface area contributed by atoms with Gasteiger partial charge in [-0.25, -0.2) is 0 Å². The molecule has 4 aliphatic carbocycles. The van der Waals surface area contributed by atoms with Crippen molar-refractivity contribution in [3.8, 4) is 0 Å². The SMILES string of the molecule is CC(C)c1cccc2c(C34CC5CC(CC(C5)C3)C4)cccc12. The molecule has 6 rings (SSSR count). The first-order chi connectivity index (χ1) is 11.1. The zero-order chi connectivity index (χ0) is 15.6. The summed E-state index contributed by atoms with van der Waals surface area (Å²) in [4.78, 5) is 0. The predicted molar refractivity (Wildman–Crippen MR) is 97.9 cm³/mol. The van der Waals surface area contributed by atoms with Gasteiger partial charge in [-0.3, -0.25) is 0 Å². The third-order valence-electron chi connectivity index (χ3n) is 7.19. The van der Waals surface area contributed by atoms with E-state index in [0.29, 0.717) is 11.3 Å². The molecule has 0 N–H and O–H groups in total. The molecule has 4 saturated carbocycles. The average Bonchev–Trinajstić information content (AvgIpc) is 2.52. The molecule has 2 aromatic carbocycles. The standard InChI is InChI=1S/C23H28/c1-15(2)19-5-3-7-21-20(19)6-4-8-22(21)23-12-16-9-17(13-23)11-18(10-16)14-23/h3-8,15-18H,9-14H2,1-2H3. The maximum Gasteiger partial charge on any atom is -0.00329 e. The minimum Gasteiger partial charge on any atom is -0.0613 e. The van der Waals surface area contributed by atoms with Gasteiger partial charge in [0.05, 0.1) is 0 Å². The van der Waals surface area contributed by atoms with Gasteiger partial charge in [-0.2, -0.15) is 0 Å². The Kier molecular flexibility index (Phi) is 2.97. The third-order valence-corrected chi connectivity index (χ3v) is 7.19. The highest BCUT2D eigenvalue weighted by molar-refractivity contribution is 5.90. The summed E-state index contributed by atoms with van der Waals surface area (Å²) in [6, 6.07) is 14.2. The van der Waals surface area contributed by atoms with Crippen LogP contribution in [0.5, 0.6) is 0 Å². The fraction of sp³-hybridized carbons (Fsp3) is 0.565. The van der Waals surface area contributed by atoms with Gasteiger partial charge in [0.15, 0.2) is 0 Å². The first-order valence-corrected chi connectivity index (χ1v) is 9.67. The Hall–Kier alpha value is -1.30. The van der Waals surface area contributed by atoms with E-state index in [9.17, 15) is 0 Å². The largest absolute Gasteiger partial charge is 0.0613 e. The van der Waals surface area contributed by atoms with Crippen LogP contribution < -0.4 is 0 Å². The Morgan fingerprint density at radius 2 is 1.35 bits per heavy atom. The highest BCUT2D eigenvalue weighted by Crippen LogP contribution is 2.61. The molecule has 0 radical (unpaired) electrons. The predicted octanol–water partition coefficient (Wildman–Crippen LogP) is 6.43. The van der Waals surface area contributed by atoms with E-state index in [1.807, 2.05) is 0 Å². The van der Waals surface area contributed by atoms with E-state index >= 15 is 0 Å². The molecule has 0 aromatic heterocycles. The lowest BCUT2D eigenvalue weighted by Gasteiger charge is -2.57. The summed E-state index contributed by atoms with van der Waals surface area (Å²) in [6.45, 7) is 4.65. The first-order valence-electron chi connectivity index (χ1n) is 9.67. The van der Waals surface area contributed by atoms with E-state index in [4.69, 9.17) is 0 Å². The van der Waals surface area contributed by atoms with Crippen LogP contribution in [0.4, 0.5) is 0 Å². The molecule has 4 aliphatic rings. The maximum atomic E-state index is 2.47. The minimum absolute atomic E-state index is 0.504. The monoisotopic (exact) mass is 304 g/mol. The van der Waals surface area contributed by atoms with Crippen molar-refractivity contribution < 1.29 is 0 Å². The van der Waals surface area contributed by atoms with Crippen LogP contribution in [0.2, 0.25) is 0 Å². The van der Waals surface area contributed by atoms with Crippen molar-refractivity contribution in [3.05, 3.63) is 47.5 Å². The molecule has 0 spiro atoms. The van der Waals surface area contributed by atoms with E-state index in [-0.39, 0.29) is 0 Å². The quantitative estimate of drug-likeness (QED) is 0.599. The van der Waals surface area contributed by atoms with Crippen LogP contribution in [0.1, 0.15) is 69.4 Å². The van der Waals surface area contributed by atoms with Crippen LogP contribution in [0.3, 0.4) is 0 Å². The number of benzene rings is 2. The fourth-order valence-corrected chi connectivity index (χ4v) is 6.74. The van der Waals surface area contributed by atoms with Gasteiger partial charge >= 0.3 is 0 Å². The van der Waals surface area contributed by atoms with Crippen molar-refractivity contribution in [3.63, 3.8) is 0 Å². The lowest BCUT2D eigenvalue weighted by molar-refractivity contribution is -0.00449. The summed E-state index contributed by atoms with van der Waals surface area (Å²) in [5, 5.41) is 3.07. The van der Waals surface area contributed by atoms with Gasteiger partial charge in [-0.15, -0.1) is 0 Å². The van der Waals surface area contributed by atoms with Crippen LogP contribution >= 0.6 is 0 Å². The van der Waals surface area contributed by atoms with Crippen molar-refractivity contribution >= 4 is 10.8 Å². The Morgan fingerprint density at radius 3 is 1.96 bits per heavy atom. The van der Waals surface area contributed by atoms with Gasteiger partial charge in [-0.1, -0.05) is 50.2 Å². The van der Waals surface area contributed by atoms with Crippen LogP contribution in [-0.2, 0) is 5.41 Å². The van der Waals surface area contributed by atoms with E-state index in [1.165, 1.54) is 49.5 Å². The molecule has 0 unspecified atom stereocenters. The summed E-state index contributed by atoms with van der Waals surface area (Å²) in [5.74, 6) is 3.66. The van der Waals surface area contributed by atoms with E-state index in [2.05, 4.69) is 50.2 Å². The summed E-state index contributed by atoms with van der Waals surface area (Å²) >= 11 is 0. The second-order valence-electron chi connectivity index (χ2n) is 9.10. The Labute approximate surface area is 140 Å². The molecule has 0 atom stereocenters. The lowest BCUT2D eigenvalue weighted by Crippen LogP contribution is -2.48. The average molecular weight is 304 g/mol. The molecule has 0 saturated heterocycles. The molecule has 2 aromatic rings. The van der Waals surface area contributed by atoms with Crippen molar-refractivity contribution in [2.75, 3.05) is 0 Å². The lowest BCUT2D eigenvalue weighted by atomic mass is 9.47. The van der Waals surface area contributed by atoms with Gasteiger partial charge in [-0.05, 0) is 89.5 Å². The molecule has 23 heavy (non-hydrogen) atoms. The number of fused-ring (bicyclic) bond motifs is 1. The van der Waals surface area contributed by atoms with Crippen molar-refractivity contribution in [1.29, 1.82) is 0 Å². The van der Waals surface area contributed by atoms with E-state index < -0.39 is 0 Å². The number of rotatable bonds is 2. The number of hydrogen-bond acceptors (Lipinski definition) is 0. The van der Waals surface area contributed by atoms with E-state index in [1.54, 1.807) is 10.9 Å². The van der Waals surface area contributed by atoms with Gasteiger partial charge in [0.1, 0.15) is 0 Å². The normalized spacial score (nSPS) is 35.3. The van der Waals surface area contributed by atoms with Gasteiger partial charge in [0.2, 0.25) is 0 Å². The molecule has 0 heterocycles. The summed E-state index contributed by atoms with van der Waals surface area (Å²) in [6.07, 6.45) is 8.97. The molecule has 0 heteroatoms. The zero-order valence-electron chi connectivity index (χ0n) is 14.5. The molecular weight excluding hydrogens is 276 g/mol. The highest BCUT2D eigenvalue weighted by Gasteiger charge is 2.51. The molecule has 4 bridgehead atoms. The maximum absolute atomic E-state index is 2.47. The Morgan fingerprint density at radius 1 is 0.783 bits per heavy atom. The first kappa shape index (κ1) is 14.1. The summed E-state index contributed by atoms with van der Waals surface area (Å²) in [7, 11) is 0. The second kappa shape index (κ2) is 4.85. The minimum atomic E-state index is 0.504. The molecule has 0 aliphatic heterocycles. The smallest absolute Gasteiger partial charge is 0.00329 e. The van der Waals surface area contributed by atoms with Gasteiger partial charge < -0.3 is 0 Å². The molecule has 0 amide bonds. The number of hydrogen-bond donors (Lipinski definition) is 0. The fourth-order valence-electron chi connectivity index (χ4n) is 6.74. The highest BCUT2D eigenvalue weighted by atomic mass is 14.6. The van der Waals surface area contributed by atoms with Crippen LogP contribution in [-0.4, -0.2) is 0 Å². The second-order valence-corrected chi connectivity index (χ2v) is 9.10. The van der Waals surface area contributed by atoms with Crippen LogP contribution in [0.15, 0.2) is 36.4 Å². The molecule has 120 valence electrons.